The maximum Gasteiger partial charge on any atom is 0.0555 e. The fraction of sp³-hybridized carbons (Fsp3) is 0.444. The second-order valence-corrected chi connectivity index (χ2v) is 6.01. The third-order valence-corrected chi connectivity index (χ3v) is 4.41. The van der Waals surface area contributed by atoms with E-state index in [-0.39, 0.29) is 6.10 Å². The van der Waals surface area contributed by atoms with Crippen molar-refractivity contribution in [2.45, 2.75) is 50.8 Å². The third-order valence-electron chi connectivity index (χ3n) is 4.41. The highest BCUT2D eigenvalue weighted by Gasteiger charge is 2.21. The molecule has 0 saturated heterocycles. The molecule has 3 unspecified atom stereocenters. The summed E-state index contributed by atoms with van der Waals surface area (Å²) in [6.45, 7) is 2.21. The van der Waals surface area contributed by atoms with Crippen molar-refractivity contribution in [3.8, 4) is 0 Å². The molecule has 2 nitrogen and oxygen atoms in total. The van der Waals surface area contributed by atoms with E-state index in [4.69, 9.17) is 0 Å². The predicted molar refractivity (Wildman–Crippen MR) is 83.8 cm³/mol. The number of hydrogen-bond donors (Lipinski definition) is 2. The summed E-state index contributed by atoms with van der Waals surface area (Å²) < 4.78 is 0. The molecule has 106 valence electrons. The van der Waals surface area contributed by atoms with Crippen LogP contribution >= 0.6 is 0 Å². The minimum absolute atomic E-state index is 0.120. The number of benzene rings is 2. The van der Waals surface area contributed by atoms with Crippen molar-refractivity contribution < 1.29 is 5.11 Å². The molecule has 3 atom stereocenters. The van der Waals surface area contributed by atoms with Gasteiger partial charge in [0.25, 0.3) is 0 Å². The first kappa shape index (κ1) is 13.6. The van der Waals surface area contributed by atoms with Crippen LogP contribution in [-0.4, -0.2) is 17.3 Å². The number of rotatable bonds is 3. The van der Waals surface area contributed by atoms with E-state index in [9.17, 15) is 5.11 Å². The quantitative estimate of drug-likeness (QED) is 0.888. The molecular weight excluding hydrogens is 246 g/mol. The van der Waals surface area contributed by atoms with Crippen molar-refractivity contribution in [1.29, 1.82) is 0 Å². The second-order valence-electron chi connectivity index (χ2n) is 6.01. The second kappa shape index (κ2) is 5.94. The fourth-order valence-corrected chi connectivity index (χ4v) is 3.24. The Bertz CT molecular complexity index is 580. The molecule has 1 saturated carbocycles. The zero-order chi connectivity index (χ0) is 13.9. The summed E-state index contributed by atoms with van der Waals surface area (Å²) in [5, 5.41) is 16.0. The lowest BCUT2D eigenvalue weighted by Gasteiger charge is -2.29. The molecule has 0 bridgehead atoms. The topological polar surface area (TPSA) is 32.3 Å². The largest absolute Gasteiger partial charge is 0.393 e. The molecule has 1 fully saturated rings. The van der Waals surface area contributed by atoms with Crippen molar-refractivity contribution in [1.82, 2.24) is 5.32 Å². The van der Waals surface area contributed by atoms with E-state index >= 15 is 0 Å². The predicted octanol–water partition coefficient (Wildman–Crippen LogP) is 3.79. The maximum atomic E-state index is 9.76. The van der Waals surface area contributed by atoms with Crippen molar-refractivity contribution in [3.63, 3.8) is 0 Å². The molecular formula is C18H23NO. The molecule has 1 aliphatic carbocycles. The van der Waals surface area contributed by atoms with Crippen LogP contribution in [0.2, 0.25) is 0 Å². The van der Waals surface area contributed by atoms with Gasteiger partial charge in [-0.15, -0.1) is 0 Å². The Hall–Kier alpha value is -1.38. The summed E-state index contributed by atoms with van der Waals surface area (Å²) >= 11 is 0. The number of aliphatic hydroxyl groups excluding tert-OH is 1. The number of fused-ring (bicyclic) bond motifs is 1. The summed E-state index contributed by atoms with van der Waals surface area (Å²) in [6.07, 6.45) is 4.03. The zero-order valence-electron chi connectivity index (χ0n) is 12.0. The van der Waals surface area contributed by atoms with E-state index in [2.05, 4.69) is 54.7 Å². The average molecular weight is 269 g/mol. The summed E-state index contributed by atoms with van der Waals surface area (Å²) in [5.74, 6) is 0. The molecule has 0 amide bonds. The standard InChI is InChI=1S/C18H23NO/c1-13(19-17-7-4-8-18(20)12-17)15-10-9-14-5-2-3-6-16(14)11-15/h2-3,5-6,9-11,13,17-20H,4,7-8,12H2,1H3. The lowest BCUT2D eigenvalue weighted by Crippen LogP contribution is -2.37. The molecule has 0 radical (unpaired) electrons. The van der Waals surface area contributed by atoms with Crippen LogP contribution in [0.15, 0.2) is 42.5 Å². The van der Waals surface area contributed by atoms with Crippen LogP contribution < -0.4 is 5.32 Å². The van der Waals surface area contributed by atoms with Gasteiger partial charge in [-0.1, -0.05) is 36.4 Å². The molecule has 2 N–H and O–H groups in total. The van der Waals surface area contributed by atoms with E-state index < -0.39 is 0 Å². The Morgan fingerprint density at radius 3 is 2.70 bits per heavy atom. The van der Waals surface area contributed by atoms with Crippen LogP contribution in [0, 0.1) is 0 Å². The minimum atomic E-state index is -0.120. The van der Waals surface area contributed by atoms with Gasteiger partial charge in [-0.3, -0.25) is 0 Å². The van der Waals surface area contributed by atoms with Crippen LogP contribution in [0.4, 0.5) is 0 Å². The first-order valence-corrected chi connectivity index (χ1v) is 7.65. The summed E-state index contributed by atoms with van der Waals surface area (Å²) in [4.78, 5) is 0. The van der Waals surface area contributed by atoms with Gasteiger partial charge in [-0.2, -0.15) is 0 Å². The van der Waals surface area contributed by atoms with Gasteiger partial charge in [0.2, 0.25) is 0 Å². The monoisotopic (exact) mass is 269 g/mol. The normalized spacial score (nSPS) is 24.7. The van der Waals surface area contributed by atoms with Crippen LogP contribution in [0.1, 0.15) is 44.2 Å². The molecule has 0 spiro atoms. The zero-order valence-corrected chi connectivity index (χ0v) is 12.0. The Balaban J connectivity index is 1.73. The average Bonchev–Trinajstić information content (AvgIpc) is 2.47. The molecule has 2 heteroatoms. The highest BCUT2D eigenvalue weighted by molar-refractivity contribution is 5.83. The molecule has 20 heavy (non-hydrogen) atoms. The highest BCUT2D eigenvalue weighted by atomic mass is 16.3. The fourth-order valence-electron chi connectivity index (χ4n) is 3.24. The van der Waals surface area contributed by atoms with Gasteiger partial charge < -0.3 is 10.4 Å². The van der Waals surface area contributed by atoms with Gasteiger partial charge in [0.05, 0.1) is 6.10 Å². The van der Waals surface area contributed by atoms with Crippen LogP contribution in [0.5, 0.6) is 0 Å². The lowest BCUT2D eigenvalue weighted by molar-refractivity contribution is 0.109. The number of aliphatic hydroxyl groups is 1. The molecule has 2 aromatic carbocycles. The van der Waals surface area contributed by atoms with Crippen LogP contribution in [0.3, 0.4) is 0 Å². The Kier molecular flexibility index (Phi) is 4.04. The van der Waals surface area contributed by atoms with Gasteiger partial charge in [0.1, 0.15) is 0 Å². The summed E-state index contributed by atoms with van der Waals surface area (Å²) in [6, 6.07) is 15.9. The molecule has 2 aromatic rings. The number of nitrogens with one attached hydrogen (secondary N) is 1. The van der Waals surface area contributed by atoms with Gasteiger partial charge in [0, 0.05) is 12.1 Å². The van der Waals surface area contributed by atoms with Crippen molar-refractivity contribution in [3.05, 3.63) is 48.0 Å². The van der Waals surface area contributed by atoms with E-state index in [1.165, 1.54) is 22.8 Å². The summed E-state index contributed by atoms with van der Waals surface area (Å²) in [5.41, 5.74) is 1.32. The van der Waals surface area contributed by atoms with Gasteiger partial charge in [-0.05, 0) is 55.0 Å². The Labute approximate surface area is 120 Å². The SMILES string of the molecule is CC(NC1CCCC(O)C1)c1ccc2ccccc2c1. The minimum Gasteiger partial charge on any atom is -0.393 e. The molecule has 0 aromatic heterocycles. The van der Waals surface area contributed by atoms with Gasteiger partial charge in [-0.25, -0.2) is 0 Å². The van der Waals surface area contributed by atoms with E-state index in [1.807, 2.05) is 0 Å². The lowest BCUT2D eigenvalue weighted by atomic mass is 9.92. The van der Waals surface area contributed by atoms with Crippen LogP contribution in [0.25, 0.3) is 10.8 Å². The van der Waals surface area contributed by atoms with Crippen LogP contribution in [-0.2, 0) is 0 Å². The van der Waals surface area contributed by atoms with Crippen molar-refractivity contribution in [2.24, 2.45) is 0 Å². The molecule has 0 aliphatic heterocycles. The van der Waals surface area contributed by atoms with E-state index in [1.54, 1.807) is 0 Å². The van der Waals surface area contributed by atoms with E-state index in [0.717, 1.165) is 19.3 Å². The molecule has 3 rings (SSSR count). The summed E-state index contributed by atoms with van der Waals surface area (Å²) in [7, 11) is 0. The smallest absolute Gasteiger partial charge is 0.0555 e. The third kappa shape index (κ3) is 3.02. The van der Waals surface area contributed by atoms with Gasteiger partial charge in [0.15, 0.2) is 0 Å². The van der Waals surface area contributed by atoms with Crippen molar-refractivity contribution in [2.75, 3.05) is 0 Å². The Morgan fingerprint density at radius 1 is 1.10 bits per heavy atom. The molecule has 1 aliphatic rings. The van der Waals surface area contributed by atoms with E-state index in [0.29, 0.717) is 12.1 Å². The molecule has 0 heterocycles. The maximum absolute atomic E-state index is 9.76. The number of hydrogen-bond acceptors (Lipinski definition) is 2. The van der Waals surface area contributed by atoms with Crippen molar-refractivity contribution >= 4 is 10.8 Å². The first-order chi connectivity index (χ1) is 9.72. The Morgan fingerprint density at radius 2 is 1.90 bits per heavy atom. The van der Waals surface area contributed by atoms with Gasteiger partial charge >= 0.3 is 0 Å². The first-order valence-electron chi connectivity index (χ1n) is 7.65. The highest BCUT2D eigenvalue weighted by Crippen LogP contribution is 2.24.